The van der Waals surface area contributed by atoms with E-state index in [-0.39, 0.29) is 0 Å². The van der Waals surface area contributed by atoms with Crippen LogP contribution in [0.4, 0.5) is 17.3 Å². The lowest BCUT2D eigenvalue weighted by atomic mass is 10.2. The molecule has 0 radical (unpaired) electrons. The monoisotopic (exact) mass is 299 g/mol. The number of aromatic nitrogens is 2. The van der Waals surface area contributed by atoms with Gasteiger partial charge in [0.2, 0.25) is 0 Å². The van der Waals surface area contributed by atoms with Gasteiger partial charge in [0.15, 0.2) is 0 Å². The van der Waals surface area contributed by atoms with Gasteiger partial charge in [0.1, 0.15) is 17.4 Å². The van der Waals surface area contributed by atoms with Crippen molar-refractivity contribution in [1.29, 1.82) is 0 Å². The number of nitrogens with two attached hydrogens (primary N) is 1. The molecule has 0 atom stereocenters. The third-order valence-electron chi connectivity index (χ3n) is 3.75. The summed E-state index contributed by atoms with van der Waals surface area (Å²) >= 11 is 0. The summed E-state index contributed by atoms with van der Waals surface area (Å²) < 4.78 is 5.72. The topological polar surface area (TPSA) is 67.5 Å². The summed E-state index contributed by atoms with van der Waals surface area (Å²) in [5, 5.41) is 0. The molecule has 1 aromatic heterocycles. The van der Waals surface area contributed by atoms with Crippen LogP contribution >= 0.6 is 0 Å². The van der Waals surface area contributed by atoms with E-state index in [0.717, 1.165) is 43.4 Å². The molecule has 6 nitrogen and oxygen atoms in total. The van der Waals surface area contributed by atoms with Crippen LogP contribution in [0.15, 0.2) is 36.7 Å². The highest BCUT2D eigenvalue weighted by Gasteiger charge is 2.20. The number of ether oxygens (including phenoxy) is 1. The van der Waals surface area contributed by atoms with Gasteiger partial charge in [-0.05, 0) is 19.1 Å². The Hall–Kier alpha value is -2.50. The Morgan fingerprint density at radius 2 is 1.82 bits per heavy atom. The van der Waals surface area contributed by atoms with Crippen LogP contribution < -0.4 is 20.3 Å². The van der Waals surface area contributed by atoms with E-state index in [2.05, 4.69) is 25.8 Å². The average Bonchev–Trinajstić information content (AvgIpc) is 2.56. The second kappa shape index (κ2) is 6.51. The zero-order valence-electron chi connectivity index (χ0n) is 12.8. The molecule has 3 rings (SSSR count). The Labute approximate surface area is 130 Å². The number of hydrogen-bond donors (Lipinski definition) is 1. The lowest BCUT2D eigenvalue weighted by Gasteiger charge is -2.37. The minimum atomic E-state index is 0.460. The van der Waals surface area contributed by atoms with Gasteiger partial charge >= 0.3 is 0 Å². The van der Waals surface area contributed by atoms with Crippen LogP contribution in [0.3, 0.4) is 0 Å². The van der Waals surface area contributed by atoms with Gasteiger partial charge in [-0.3, -0.25) is 4.98 Å². The molecule has 0 spiro atoms. The molecular weight excluding hydrogens is 278 g/mol. The molecule has 22 heavy (non-hydrogen) atoms. The molecule has 2 aromatic rings. The van der Waals surface area contributed by atoms with Crippen molar-refractivity contribution in [3.8, 4) is 5.75 Å². The standard InChI is InChI=1S/C16H21N5O/c1-2-22-14-6-4-3-5-13(14)20-7-9-21(10-8-20)16-12-18-11-15(17)19-16/h3-6,11-12H,2,7-10H2,1H3,(H2,17,19). The number of benzene rings is 1. The van der Waals surface area contributed by atoms with Crippen LogP contribution in [-0.2, 0) is 0 Å². The Bertz CT molecular complexity index is 625. The van der Waals surface area contributed by atoms with Crippen LogP contribution in [0.2, 0.25) is 0 Å². The SMILES string of the molecule is CCOc1ccccc1N1CCN(c2cncc(N)n2)CC1. The number of piperazine rings is 1. The third kappa shape index (κ3) is 3.05. The molecule has 1 aliphatic heterocycles. The predicted octanol–water partition coefficient (Wildman–Crippen LogP) is 1.78. The molecule has 0 aliphatic carbocycles. The van der Waals surface area contributed by atoms with Crippen LogP contribution in [-0.4, -0.2) is 42.8 Å². The highest BCUT2D eigenvalue weighted by molar-refractivity contribution is 5.59. The van der Waals surface area contributed by atoms with E-state index in [9.17, 15) is 0 Å². The summed E-state index contributed by atoms with van der Waals surface area (Å²) in [6, 6.07) is 8.19. The molecule has 1 aromatic carbocycles. The van der Waals surface area contributed by atoms with Gasteiger partial charge in [-0.25, -0.2) is 4.98 Å². The summed E-state index contributed by atoms with van der Waals surface area (Å²) in [5.74, 6) is 2.25. The summed E-state index contributed by atoms with van der Waals surface area (Å²) in [5.41, 5.74) is 6.86. The van der Waals surface area contributed by atoms with Crippen LogP contribution in [0.1, 0.15) is 6.92 Å². The van der Waals surface area contributed by atoms with E-state index in [1.807, 2.05) is 25.1 Å². The molecule has 0 amide bonds. The lowest BCUT2D eigenvalue weighted by Crippen LogP contribution is -2.47. The van der Waals surface area contributed by atoms with Crippen molar-refractivity contribution in [1.82, 2.24) is 9.97 Å². The van der Waals surface area contributed by atoms with E-state index in [1.54, 1.807) is 12.4 Å². The third-order valence-corrected chi connectivity index (χ3v) is 3.75. The quantitative estimate of drug-likeness (QED) is 0.928. The van der Waals surface area contributed by atoms with Crippen LogP contribution in [0.5, 0.6) is 5.75 Å². The van der Waals surface area contributed by atoms with E-state index < -0.39 is 0 Å². The molecule has 1 aliphatic rings. The zero-order valence-corrected chi connectivity index (χ0v) is 12.8. The Morgan fingerprint density at radius 3 is 2.55 bits per heavy atom. The van der Waals surface area contributed by atoms with Gasteiger partial charge in [0, 0.05) is 26.2 Å². The lowest BCUT2D eigenvalue weighted by molar-refractivity contribution is 0.340. The first kappa shape index (κ1) is 14.4. The Balaban J connectivity index is 1.69. The Kier molecular flexibility index (Phi) is 4.27. The van der Waals surface area contributed by atoms with Gasteiger partial charge in [-0.15, -0.1) is 0 Å². The molecule has 0 unspecified atom stereocenters. The average molecular weight is 299 g/mol. The predicted molar refractivity (Wildman–Crippen MR) is 88.5 cm³/mol. The summed E-state index contributed by atoms with van der Waals surface area (Å²) in [6.07, 6.45) is 3.33. The maximum atomic E-state index is 5.72. The molecular formula is C16H21N5O. The minimum Gasteiger partial charge on any atom is -0.492 e. The molecule has 1 saturated heterocycles. The van der Waals surface area contributed by atoms with Crippen molar-refractivity contribution in [3.05, 3.63) is 36.7 Å². The van der Waals surface area contributed by atoms with E-state index in [0.29, 0.717) is 12.4 Å². The number of rotatable bonds is 4. The maximum Gasteiger partial charge on any atom is 0.149 e. The molecule has 0 saturated carbocycles. The van der Waals surface area contributed by atoms with Gasteiger partial charge in [0.25, 0.3) is 0 Å². The minimum absolute atomic E-state index is 0.460. The fourth-order valence-corrected chi connectivity index (χ4v) is 2.70. The first-order valence-electron chi connectivity index (χ1n) is 7.57. The summed E-state index contributed by atoms with van der Waals surface area (Å²) in [6.45, 7) is 6.29. The van der Waals surface area contributed by atoms with Crippen molar-refractivity contribution < 1.29 is 4.74 Å². The highest BCUT2D eigenvalue weighted by Crippen LogP contribution is 2.29. The second-order valence-corrected chi connectivity index (χ2v) is 5.18. The van der Waals surface area contributed by atoms with Crippen molar-refractivity contribution in [3.63, 3.8) is 0 Å². The van der Waals surface area contributed by atoms with Gasteiger partial charge in [-0.1, -0.05) is 12.1 Å². The zero-order chi connectivity index (χ0) is 15.4. The smallest absolute Gasteiger partial charge is 0.149 e. The van der Waals surface area contributed by atoms with Gasteiger partial charge < -0.3 is 20.3 Å². The van der Waals surface area contributed by atoms with Crippen molar-refractivity contribution in [2.24, 2.45) is 0 Å². The molecule has 2 N–H and O–H groups in total. The maximum absolute atomic E-state index is 5.72. The number of nitrogen functional groups attached to an aromatic ring is 1. The normalized spacial score (nSPS) is 15.0. The van der Waals surface area contributed by atoms with E-state index in [4.69, 9.17) is 10.5 Å². The number of nitrogens with zero attached hydrogens (tertiary/aromatic N) is 4. The molecule has 0 bridgehead atoms. The largest absolute Gasteiger partial charge is 0.492 e. The molecule has 116 valence electrons. The van der Waals surface area contributed by atoms with Crippen LogP contribution in [0, 0.1) is 0 Å². The fraction of sp³-hybridized carbons (Fsp3) is 0.375. The first-order valence-corrected chi connectivity index (χ1v) is 7.57. The highest BCUT2D eigenvalue weighted by atomic mass is 16.5. The van der Waals surface area contributed by atoms with E-state index in [1.165, 1.54) is 0 Å². The number of hydrogen-bond acceptors (Lipinski definition) is 6. The van der Waals surface area contributed by atoms with Crippen molar-refractivity contribution in [2.45, 2.75) is 6.92 Å². The number of para-hydroxylation sites is 2. The van der Waals surface area contributed by atoms with Crippen molar-refractivity contribution >= 4 is 17.3 Å². The fourth-order valence-electron chi connectivity index (χ4n) is 2.70. The second-order valence-electron chi connectivity index (χ2n) is 5.18. The van der Waals surface area contributed by atoms with Gasteiger partial charge in [0.05, 0.1) is 24.7 Å². The van der Waals surface area contributed by atoms with E-state index >= 15 is 0 Å². The molecule has 1 fully saturated rings. The van der Waals surface area contributed by atoms with Gasteiger partial charge in [-0.2, -0.15) is 0 Å². The van der Waals surface area contributed by atoms with Crippen LogP contribution in [0.25, 0.3) is 0 Å². The summed E-state index contributed by atoms with van der Waals surface area (Å²) in [4.78, 5) is 13.0. The number of anilines is 3. The van der Waals surface area contributed by atoms with Crippen molar-refractivity contribution in [2.75, 3.05) is 48.3 Å². The molecule has 6 heteroatoms. The first-order chi connectivity index (χ1) is 10.8. The molecule has 2 heterocycles. The Morgan fingerprint density at radius 1 is 1.09 bits per heavy atom. The summed E-state index contributed by atoms with van der Waals surface area (Å²) in [7, 11) is 0.